The molecule has 76 valence electrons. The largest absolute Gasteiger partial charge is 0.298 e. The standard InChI is InChI=1S/C12H23N/c1-12(2,3)13-7-6-11(9-13)8-10-4-5-10/h10-11H,4-9H2,1-3H3. The van der Waals surface area contributed by atoms with Gasteiger partial charge in [0.1, 0.15) is 0 Å². The molecule has 13 heavy (non-hydrogen) atoms. The van der Waals surface area contributed by atoms with Gasteiger partial charge in [-0.2, -0.15) is 0 Å². The maximum atomic E-state index is 2.65. The van der Waals surface area contributed by atoms with Gasteiger partial charge in [0.2, 0.25) is 0 Å². The molecule has 2 aliphatic rings. The lowest BCUT2D eigenvalue weighted by atomic mass is 10.0. The molecule has 2 rings (SSSR count). The molecule has 0 aromatic carbocycles. The molecule has 1 heteroatoms. The van der Waals surface area contributed by atoms with E-state index in [4.69, 9.17) is 0 Å². The molecule has 0 spiro atoms. The minimum Gasteiger partial charge on any atom is -0.298 e. The first-order valence-electron chi connectivity index (χ1n) is 5.81. The van der Waals surface area contributed by atoms with E-state index in [1.54, 1.807) is 0 Å². The summed E-state index contributed by atoms with van der Waals surface area (Å²) in [7, 11) is 0. The molecule has 1 aliphatic heterocycles. The van der Waals surface area contributed by atoms with Crippen LogP contribution in [0.1, 0.15) is 46.5 Å². The third-order valence-electron chi connectivity index (χ3n) is 3.60. The quantitative estimate of drug-likeness (QED) is 0.633. The molecule has 0 amide bonds. The van der Waals surface area contributed by atoms with Crippen LogP contribution in [0.15, 0.2) is 0 Å². The fraction of sp³-hybridized carbons (Fsp3) is 1.00. The van der Waals surface area contributed by atoms with Crippen LogP contribution in [0.3, 0.4) is 0 Å². The topological polar surface area (TPSA) is 3.24 Å². The van der Waals surface area contributed by atoms with Crippen molar-refractivity contribution in [3.05, 3.63) is 0 Å². The highest BCUT2D eigenvalue weighted by Crippen LogP contribution is 2.38. The van der Waals surface area contributed by atoms with Crippen LogP contribution >= 0.6 is 0 Å². The Morgan fingerprint density at radius 2 is 1.77 bits per heavy atom. The first-order chi connectivity index (χ1) is 6.05. The van der Waals surface area contributed by atoms with E-state index in [0.29, 0.717) is 5.54 Å². The molecule has 1 atom stereocenters. The van der Waals surface area contributed by atoms with E-state index in [9.17, 15) is 0 Å². The second-order valence-electron chi connectivity index (χ2n) is 5.95. The maximum absolute atomic E-state index is 2.65. The Kier molecular flexibility index (Phi) is 2.39. The summed E-state index contributed by atoms with van der Waals surface area (Å²) < 4.78 is 0. The van der Waals surface area contributed by atoms with E-state index in [1.165, 1.54) is 38.8 Å². The second kappa shape index (κ2) is 3.27. The molecule has 1 saturated heterocycles. The maximum Gasteiger partial charge on any atom is 0.0125 e. The van der Waals surface area contributed by atoms with E-state index in [2.05, 4.69) is 25.7 Å². The van der Waals surface area contributed by atoms with Crippen LogP contribution in [0.4, 0.5) is 0 Å². The van der Waals surface area contributed by atoms with E-state index in [1.807, 2.05) is 0 Å². The Morgan fingerprint density at radius 1 is 1.08 bits per heavy atom. The molecule has 0 bridgehead atoms. The van der Waals surface area contributed by atoms with Crippen molar-refractivity contribution >= 4 is 0 Å². The molecule has 1 nitrogen and oxygen atoms in total. The Morgan fingerprint density at radius 3 is 2.23 bits per heavy atom. The van der Waals surface area contributed by atoms with Crippen molar-refractivity contribution in [1.29, 1.82) is 0 Å². The average molecular weight is 181 g/mol. The summed E-state index contributed by atoms with van der Waals surface area (Å²) in [5.41, 5.74) is 0.401. The molecule has 0 N–H and O–H groups in total. The average Bonchev–Trinajstić information content (AvgIpc) is 2.63. The highest BCUT2D eigenvalue weighted by Gasteiger charge is 2.33. The van der Waals surface area contributed by atoms with E-state index in [-0.39, 0.29) is 0 Å². The number of likely N-dealkylation sites (tertiary alicyclic amines) is 1. The highest BCUT2D eigenvalue weighted by molar-refractivity contribution is 4.87. The Bertz CT molecular complexity index is 176. The zero-order valence-electron chi connectivity index (χ0n) is 9.34. The Labute approximate surface area is 82.5 Å². The van der Waals surface area contributed by atoms with Gasteiger partial charge in [0.15, 0.2) is 0 Å². The number of nitrogens with zero attached hydrogens (tertiary/aromatic N) is 1. The van der Waals surface area contributed by atoms with Gasteiger partial charge < -0.3 is 0 Å². The first-order valence-corrected chi connectivity index (χ1v) is 5.81. The Balaban J connectivity index is 1.79. The third-order valence-corrected chi connectivity index (χ3v) is 3.60. The Hall–Kier alpha value is -0.0400. The van der Waals surface area contributed by atoms with Crippen LogP contribution in [-0.4, -0.2) is 23.5 Å². The van der Waals surface area contributed by atoms with Crippen molar-refractivity contribution in [2.24, 2.45) is 11.8 Å². The SMILES string of the molecule is CC(C)(C)N1CCC(CC2CC2)C1. The molecule has 1 saturated carbocycles. The van der Waals surface area contributed by atoms with Crippen molar-refractivity contribution in [2.75, 3.05) is 13.1 Å². The van der Waals surface area contributed by atoms with Gasteiger partial charge in [0.25, 0.3) is 0 Å². The van der Waals surface area contributed by atoms with Crippen LogP contribution in [-0.2, 0) is 0 Å². The molecule has 0 aromatic heterocycles. The van der Waals surface area contributed by atoms with Gasteiger partial charge in [-0.25, -0.2) is 0 Å². The van der Waals surface area contributed by atoms with Crippen LogP contribution in [0.25, 0.3) is 0 Å². The van der Waals surface area contributed by atoms with Crippen LogP contribution in [0, 0.1) is 11.8 Å². The third kappa shape index (κ3) is 2.46. The normalized spacial score (nSPS) is 31.2. The molecule has 1 aliphatic carbocycles. The van der Waals surface area contributed by atoms with E-state index < -0.39 is 0 Å². The van der Waals surface area contributed by atoms with Crippen molar-refractivity contribution in [3.63, 3.8) is 0 Å². The van der Waals surface area contributed by atoms with Gasteiger partial charge in [-0.3, -0.25) is 4.90 Å². The summed E-state index contributed by atoms with van der Waals surface area (Å²) in [4.78, 5) is 2.65. The lowest BCUT2D eigenvalue weighted by Gasteiger charge is -2.31. The van der Waals surface area contributed by atoms with Crippen molar-refractivity contribution < 1.29 is 0 Å². The summed E-state index contributed by atoms with van der Waals surface area (Å²) >= 11 is 0. The summed E-state index contributed by atoms with van der Waals surface area (Å²) in [5, 5.41) is 0. The minimum absolute atomic E-state index is 0.401. The number of rotatable bonds is 2. The monoisotopic (exact) mass is 181 g/mol. The summed E-state index contributed by atoms with van der Waals surface area (Å²) in [6, 6.07) is 0. The summed E-state index contributed by atoms with van der Waals surface area (Å²) in [5.74, 6) is 2.14. The number of hydrogen-bond donors (Lipinski definition) is 0. The predicted octanol–water partition coefficient (Wildman–Crippen LogP) is 2.91. The summed E-state index contributed by atoms with van der Waals surface area (Å²) in [6.07, 6.45) is 6.01. The fourth-order valence-corrected chi connectivity index (χ4v) is 2.46. The minimum atomic E-state index is 0.401. The lowest BCUT2D eigenvalue weighted by Crippen LogP contribution is -2.39. The second-order valence-corrected chi connectivity index (χ2v) is 5.95. The van der Waals surface area contributed by atoms with Gasteiger partial charge >= 0.3 is 0 Å². The smallest absolute Gasteiger partial charge is 0.0125 e. The zero-order valence-corrected chi connectivity index (χ0v) is 9.34. The molecule has 1 unspecified atom stereocenters. The molecular formula is C12H23N. The lowest BCUT2D eigenvalue weighted by molar-refractivity contribution is 0.166. The molecule has 1 heterocycles. The number of hydrogen-bond acceptors (Lipinski definition) is 1. The highest BCUT2D eigenvalue weighted by atomic mass is 15.2. The van der Waals surface area contributed by atoms with E-state index in [0.717, 1.165) is 11.8 Å². The zero-order chi connectivity index (χ0) is 9.47. The van der Waals surface area contributed by atoms with Crippen molar-refractivity contribution in [2.45, 2.75) is 52.0 Å². The van der Waals surface area contributed by atoms with Gasteiger partial charge in [-0.1, -0.05) is 12.8 Å². The molecule has 2 fully saturated rings. The molecular weight excluding hydrogens is 158 g/mol. The van der Waals surface area contributed by atoms with Crippen LogP contribution in [0.5, 0.6) is 0 Å². The van der Waals surface area contributed by atoms with Crippen LogP contribution < -0.4 is 0 Å². The summed E-state index contributed by atoms with van der Waals surface area (Å²) in [6.45, 7) is 9.71. The molecule has 0 aromatic rings. The van der Waals surface area contributed by atoms with Crippen molar-refractivity contribution in [1.82, 2.24) is 4.90 Å². The van der Waals surface area contributed by atoms with E-state index >= 15 is 0 Å². The molecule has 0 radical (unpaired) electrons. The van der Waals surface area contributed by atoms with Gasteiger partial charge in [0, 0.05) is 12.1 Å². The van der Waals surface area contributed by atoms with Gasteiger partial charge in [0.05, 0.1) is 0 Å². The van der Waals surface area contributed by atoms with Gasteiger partial charge in [-0.15, -0.1) is 0 Å². The predicted molar refractivity (Wildman–Crippen MR) is 56.8 cm³/mol. The fourth-order valence-electron chi connectivity index (χ4n) is 2.46. The van der Waals surface area contributed by atoms with Gasteiger partial charge in [-0.05, 0) is 52.0 Å². The van der Waals surface area contributed by atoms with Crippen LogP contribution in [0.2, 0.25) is 0 Å². The van der Waals surface area contributed by atoms with Crippen molar-refractivity contribution in [3.8, 4) is 0 Å². The first kappa shape index (κ1) is 9.51.